The monoisotopic (exact) mass is 281 g/mol. The SMILES string of the molecule is COc1cc(CN)cc(Oc2cnnc3ccccc23)c1. The molecule has 21 heavy (non-hydrogen) atoms. The Morgan fingerprint density at radius 3 is 2.71 bits per heavy atom. The molecule has 1 heterocycles. The van der Waals surface area contributed by atoms with E-state index in [-0.39, 0.29) is 0 Å². The van der Waals surface area contributed by atoms with E-state index in [1.165, 1.54) is 0 Å². The lowest BCUT2D eigenvalue weighted by molar-refractivity contribution is 0.408. The molecular formula is C16H15N3O2. The van der Waals surface area contributed by atoms with Crippen molar-refractivity contribution in [1.82, 2.24) is 10.2 Å². The van der Waals surface area contributed by atoms with Crippen molar-refractivity contribution in [3.8, 4) is 17.2 Å². The smallest absolute Gasteiger partial charge is 0.156 e. The molecule has 2 aromatic carbocycles. The highest BCUT2D eigenvalue weighted by atomic mass is 16.5. The first-order chi connectivity index (χ1) is 10.3. The van der Waals surface area contributed by atoms with Crippen LogP contribution in [-0.4, -0.2) is 17.3 Å². The van der Waals surface area contributed by atoms with Crippen LogP contribution in [-0.2, 0) is 6.54 Å². The molecule has 5 nitrogen and oxygen atoms in total. The van der Waals surface area contributed by atoms with Gasteiger partial charge in [-0.1, -0.05) is 12.1 Å². The number of benzene rings is 2. The van der Waals surface area contributed by atoms with Gasteiger partial charge in [0.25, 0.3) is 0 Å². The summed E-state index contributed by atoms with van der Waals surface area (Å²) in [6.07, 6.45) is 1.60. The third-order valence-electron chi connectivity index (χ3n) is 3.15. The average Bonchev–Trinajstić information content (AvgIpc) is 2.55. The quantitative estimate of drug-likeness (QED) is 0.796. The summed E-state index contributed by atoms with van der Waals surface area (Å²) >= 11 is 0. The van der Waals surface area contributed by atoms with E-state index >= 15 is 0 Å². The molecular weight excluding hydrogens is 266 g/mol. The number of nitrogens with two attached hydrogens (primary N) is 1. The Hall–Kier alpha value is -2.66. The molecule has 2 N–H and O–H groups in total. The molecule has 0 saturated carbocycles. The molecule has 3 aromatic rings. The van der Waals surface area contributed by atoms with E-state index in [1.807, 2.05) is 42.5 Å². The largest absolute Gasteiger partial charge is 0.497 e. The fourth-order valence-electron chi connectivity index (χ4n) is 2.12. The van der Waals surface area contributed by atoms with E-state index in [4.69, 9.17) is 15.2 Å². The lowest BCUT2D eigenvalue weighted by Gasteiger charge is -2.10. The molecule has 0 saturated heterocycles. The molecule has 0 aliphatic carbocycles. The van der Waals surface area contributed by atoms with Crippen LogP contribution in [0.25, 0.3) is 10.9 Å². The fourth-order valence-corrected chi connectivity index (χ4v) is 2.12. The first kappa shape index (κ1) is 13.3. The summed E-state index contributed by atoms with van der Waals surface area (Å²) in [6.45, 7) is 0.420. The van der Waals surface area contributed by atoms with Gasteiger partial charge in [-0.25, -0.2) is 0 Å². The molecule has 0 radical (unpaired) electrons. The van der Waals surface area contributed by atoms with Gasteiger partial charge in [0, 0.05) is 18.0 Å². The van der Waals surface area contributed by atoms with Crippen LogP contribution < -0.4 is 15.2 Å². The van der Waals surface area contributed by atoms with Crippen LogP contribution in [0.3, 0.4) is 0 Å². The molecule has 0 atom stereocenters. The summed E-state index contributed by atoms with van der Waals surface area (Å²) in [5.41, 5.74) is 7.42. The summed E-state index contributed by atoms with van der Waals surface area (Å²) in [4.78, 5) is 0. The van der Waals surface area contributed by atoms with Crippen molar-refractivity contribution in [3.63, 3.8) is 0 Å². The lowest BCUT2D eigenvalue weighted by Crippen LogP contribution is -1.98. The molecule has 0 fully saturated rings. The molecule has 0 bridgehead atoms. The zero-order valence-electron chi connectivity index (χ0n) is 11.6. The second-order valence-corrected chi connectivity index (χ2v) is 4.55. The van der Waals surface area contributed by atoms with Gasteiger partial charge in [0.05, 0.1) is 18.8 Å². The molecule has 106 valence electrons. The zero-order chi connectivity index (χ0) is 14.7. The number of hydrogen-bond acceptors (Lipinski definition) is 5. The minimum Gasteiger partial charge on any atom is -0.497 e. The van der Waals surface area contributed by atoms with Crippen molar-refractivity contribution in [2.24, 2.45) is 5.73 Å². The minimum absolute atomic E-state index is 0.420. The number of nitrogens with zero attached hydrogens (tertiary/aromatic N) is 2. The maximum atomic E-state index is 5.94. The predicted octanol–water partition coefficient (Wildman–Crippen LogP) is 2.89. The van der Waals surface area contributed by atoms with Gasteiger partial charge in [0.2, 0.25) is 0 Å². The van der Waals surface area contributed by atoms with Crippen molar-refractivity contribution >= 4 is 10.9 Å². The number of fused-ring (bicyclic) bond motifs is 1. The summed E-state index contributed by atoms with van der Waals surface area (Å²) in [6, 6.07) is 13.3. The Labute approximate surface area is 122 Å². The normalized spacial score (nSPS) is 10.6. The summed E-state index contributed by atoms with van der Waals surface area (Å²) in [5, 5.41) is 8.95. The van der Waals surface area contributed by atoms with Crippen LogP contribution in [0.4, 0.5) is 0 Å². The van der Waals surface area contributed by atoms with Crippen molar-refractivity contribution in [1.29, 1.82) is 0 Å². The first-order valence-corrected chi connectivity index (χ1v) is 6.56. The molecule has 0 amide bonds. The van der Waals surface area contributed by atoms with Crippen molar-refractivity contribution in [3.05, 3.63) is 54.2 Å². The van der Waals surface area contributed by atoms with Gasteiger partial charge in [-0.05, 0) is 29.8 Å². The van der Waals surface area contributed by atoms with Crippen LogP contribution in [0, 0.1) is 0 Å². The summed E-state index contributed by atoms with van der Waals surface area (Å²) in [7, 11) is 1.61. The maximum absolute atomic E-state index is 5.94. The Kier molecular flexibility index (Phi) is 3.66. The Morgan fingerprint density at radius 2 is 1.90 bits per heavy atom. The summed E-state index contributed by atoms with van der Waals surface area (Å²) < 4.78 is 11.2. The third-order valence-corrected chi connectivity index (χ3v) is 3.15. The van der Waals surface area contributed by atoms with Gasteiger partial charge in [-0.2, -0.15) is 10.2 Å². The molecule has 0 aliphatic rings. The second kappa shape index (κ2) is 5.76. The molecule has 5 heteroatoms. The van der Waals surface area contributed by atoms with Crippen molar-refractivity contribution in [2.45, 2.75) is 6.54 Å². The highest BCUT2D eigenvalue weighted by Gasteiger charge is 2.07. The molecule has 0 unspecified atom stereocenters. The van der Waals surface area contributed by atoms with Crippen molar-refractivity contribution in [2.75, 3.05) is 7.11 Å². The van der Waals surface area contributed by atoms with Crippen LogP contribution in [0.1, 0.15) is 5.56 Å². The van der Waals surface area contributed by atoms with Gasteiger partial charge in [-0.15, -0.1) is 0 Å². The third kappa shape index (κ3) is 2.78. The minimum atomic E-state index is 0.420. The van der Waals surface area contributed by atoms with E-state index in [2.05, 4.69) is 10.2 Å². The first-order valence-electron chi connectivity index (χ1n) is 6.56. The van der Waals surface area contributed by atoms with Gasteiger partial charge in [-0.3, -0.25) is 0 Å². The number of methoxy groups -OCH3 is 1. The average molecular weight is 281 g/mol. The Balaban J connectivity index is 2.02. The van der Waals surface area contributed by atoms with E-state index in [0.29, 0.717) is 23.8 Å². The number of ether oxygens (including phenoxy) is 2. The number of rotatable bonds is 4. The molecule has 0 aliphatic heterocycles. The van der Waals surface area contributed by atoms with E-state index in [9.17, 15) is 0 Å². The van der Waals surface area contributed by atoms with Gasteiger partial charge in [0.15, 0.2) is 5.75 Å². The summed E-state index contributed by atoms with van der Waals surface area (Å²) in [5.74, 6) is 2.02. The van der Waals surface area contributed by atoms with Gasteiger partial charge in [0.1, 0.15) is 11.5 Å². The fraction of sp³-hybridized carbons (Fsp3) is 0.125. The maximum Gasteiger partial charge on any atom is 0.156 e. The number of hydrogen-bond donors (Lipinski definition) is 1. The predicted molar refractivity (Wildman–Crippen MR) is 80.5 cm³/mol. The lowest BCUT2D eigenvalue weighted by atomic mass is 10.2. The standard InChI is InChI=1S/C16H15N3O2/c1-20-12-6-11(9-17)7-13(8-12)21-16-10-18-19-15-5-3-2-4-14(15)16/h2-8,10H,9,17H2,1H3. The Morgan fingerprint density at radius 1 is 1.10 bits per heavy atom. The van der Waals surface area contributed by atoms with Gasteiger partial charge < -0.3 is 15.2 Å². The highest BCUT2D eigenvalue weighted by Crippen LogP contribution is 2.30. The van der Waals surface area contributed by atoms with Crippen molar-refractivity contribution < 1.29 is 9.47 Å². The van der Waals surface area contributed by atoms with Gasteiger partial charge >= 0.3 is 0 Å². The second-order valence-electron chi connectivity index (χ2n) is 4.55. The molecule has 0 spiro atoms. The van der Waals surface area contributed by atoms with E-state index in [1.54, 1.807) is 13.3 Å². The van der Waals surface area contributed by atoms with Crippen LogP contribution in [0.2, 0.25) is 0 Å². The number of aromatic nitrogens is 2. The van der Waals surface area contributed by atoms with E-state index in [0.717, 1.165) is 16.5 Å². The molecule has 3 rings (SSSR count). The topological polar surface area (TPSA) is 70.3 Å². The van der Waals surface area contributed by atoms with Crippen LogP contribution in [0.5, 0.6) is 17.2 Å². The van der Waals surface area contributed by atoms with Crippen LogP contribution >= 0.6 is 0 Å². The Bertz CT molecular complexity index is 747. The van der Waals surface area contributed by atoms with Crippen LogP contribution in [0.15, 0.2) is 48.7 Å². The van der Waals surface area contributed by atoms with E-state index < -0.39 is 0 Å². The highest BCUT2D eigenvalue weighted by molar-refractivity contribution is 5.84. The zero-order valence-corrected chi connectivity index (χ0v) is 11.6. The molecule has 1 aromatic heterocycles.